The van der Waals surface area contributed by atoms with E-state index >= 15 is 0 Å². The smallest absolute Gasteiger partial charge is 0.227 e. The highest BCUT2D eigenvalue weighted by molar-refractivity contribution is 5.79. The van der Waals surface area contributed by atoms with Crippen molar-refractivity contribution in [2.75, 3.05) is 24.5 Å². The van der Waals surface area contributed by atoms with Crippen LogP contribution >= 0.6 is 0 Å². The number of rotatable bonds is 4. The van der Waals surface area contributed by atoms with Gasteiger partial charge in [0, 0.05) is 25.7 Å². The van der Waals surface area contributed by atoms with E-state index in [1.807, 2.05) is 30.0 Å². The van der Waals surface area contributed by atoms with Crippen LogP contribution in [0.2, 0.25) is 0 Å². The number of carbonyl (C=O) groups is 1. The minimum Gasteiger partial charge on any atom is -0.351 e. The Morgan fingerprint density at radius 3 is 2.68 bits per heavy atom. The van der Waals surface area contributed by atoms with Crippen LogP contribution in [-0.2, 0) is 11.2 Å². The molecule has 2 aliphatic rings. The van der Waals surface area contributed by atoms with Gasteiger partial charge < -0.3 is 9.80 Å². The number of amides is 1. The van der Waals surface area contributed by atoms with Gasteiger partial charge in [-0.1, -0.05) is 12.1 Å². The summed E-state index contributed by atoms with van der Waals surface area (Å²) in [5, 5.41) is 16.8. The van der Waals surface area contributed by atoms with E-state index in [1.54, 1.807) is 12.1 Å². The molecular weight excluding hydrogens is 357 g/mol. The Labute approximate surface area is 163 Å². The summed E-state index contributed by atoms with van der Waals surface area (Å²) < 4.78 is 14.2. The lowest BCUT2D eigenvalue weighted by Crippen LogP contribution is -2.54. The molecule has 1 aliphatic heterocycles. The molecule has 144 valence electrons. The van der Waals surface area contributed by atoms with Crippen LogP contribution < -0.4 is 4.90 Å². The molecule has 2 fully saturated rings. The van der Waals surface area contributed by atoms with Crippen molar-refractivity contribution in [3.8, 4) is 6.07 Å². The summed E-state index contributed by atoms with van der Waals surface area (Å²) in [7, 11) is 0. The molecular formula is C21H22FN5O. The van der Waals surface area contributed by atoms with E-state index in [0.717, 1.165) is 24.0 Å². The molecule has 0 N–H and O–H groups in total. The van der Waals surface area contributed by atoms with Gasteiger partial charge >= 0.3 is 0 Å². The van der Waals surface area contributed by atoms with Gasteiger partial charge in [-0.3, -0.25) is 4.79 Å². The Morgan fingerprint density at radius 2 is 2.07 bits per heavy atom. The molecule has 1 amide bonds. The van der Waals surface area contributed by atoms with E-state index in [4.69, 9.17) is 5.26 Å². The molecule has 1 saturated carbocycles. The zero-order chi connectivity index (χ0) is 19.7. The molecule has 1 aliphatic carbocycles. The zero-order valence-corrected chi connectivity index (χ0v) is 15.8. The minimum atomic E-state index is -0.190. The van der Waals surface area contributed by atoms with Crippen LogP contribution in [-0.4, -0.2) is 46.7 Å². The van der Waals surface area contributed by atoms with Crippen molar-refractivity contribution in [3.63, 3.8) is 0 Å². The van der Waals surface area contributed by atoms with Crippen molar-refractivity contribution in [2.24, 2.45) is 0 Å². The molecule has 2 aromatic rings. The lowest BCUT2D eigenvalue weighted by atomic mass is 10.0. The highest BCUT2D eigenvalue weighted by Gasteiger charge is 2.29. The van der Waals surface area contributed by atoms with Crippen molar-refractivity contribution in [3.05, 3.63) is 53.0 Å². The van der Waals surface area contributed by atoms with Gasteiger partial charge in [0.1, 0.15) is 11.9 Å². The molecule has 0 spiro atoms. The molecule has 28 heavy (non-hydrogen) atoms. The number of hydrogen-bond donors (Lipinski definition) is 0. The fourth-order valence-corrected chi connectivity index (χ4v) is 3.77. The lowest BCUT2D eigenvalue weighted by Gasteiger charge is -2.40. The van der Waals surface area contributed by atoms with E-state index in [9.17, 15) is 9.18 Å². The average Bonchev–Trinajstić information content (AvgIpc) is 3.53. The summed E-state index contributed by atoms with van der Waals surface area (Å²) in [6, 6.07) is 10.6. The molecule has 0 unspecified atom stereocenters. The number of nitrogens with zero attached hydrogens (tertiary/aromatic N) is 5. The maximum absolute atomic E-state index is 14.2. The molecule has 1 aromatic heterocycles. The van der Waals surface area contributed by atoms with Gasteiger partial charge in [0.15, 0.2) is 11.5 Å². The van der Waals surface area contributed by atoms with Crippen molar-refractivity contribution in [2.45, 2.75) is 38.1 Å². The highest BCUT2D eigenvalue weighted by atomic mass is 19.1. The molecule has 1 atom stereocenters. The van der Waals surface area contributed by atoms with Gasteiger partial charge in [-0.15, -0.1) is 10.2 Å². The Kier molecular flexibility index (Phi) is 4.95. The molecule has 1 aromatic carbocycles. The van der Waals surface area contributed by atoms with E-state index in [1.165, 1.54) is 6.07 Å². The second-order valence-corrected chi connectivity index (χ2v) is 7.58. The average molecular weight is 379 g/mol. The Bertz CT molecular complexity index is 919. The first-order valence-electron chi connectivity index (χ1n) is 9.61. The lowest BCUT2D eigenvalue weighted by molar-refractivity contribution is -0.132. The summed E-state index contributed by atoms with van der Waals surface area (Å²) in [6.45, 7) is 3.86. The van der Waals surface area contributed by atoms with Crippen LogP contribution in [0.25, 0.3) is 0 Å². The van der Waals surface area contributed by atoms with Crippen LogP contribution in [0.3, 0.4) is 0 Å². The normalized spacial score (nSPS) is 19.4. The molecule has 2 heterocycles. The van der Waals surface area contributed by atoms with Gasteiger partial charge in [0.2, 0.25) is 5.91 Å². The maximum atomic E-state index is 14.2. The fourth-order valence-electron chi connectivity index (χ4n) is 3.77. The van der Waals surface area contributed by atoms with Crippen molar-refractivity contribution in [1.29, 1.82) is 5.26 Å². The predicted molar refractivity (Wildman–Crippen MR) is 102 cm³/mol. The molecule has 0 radical (unpaired) electrons. The fraction of sp³-hybridized carbons (Fsp3) is 0.429. The van der Waals surface area contributed by atoms with Gasteiger partial charge in [-0.05, 0) is 55.0 Å². The summed E-state index contributed by atoms with van der Waals surface area (Å²) in [4.78, 5) is 16.7. The second-order valence-electron chi connectivity index (χ2n) is 7.58. The first kappa shape index (κ1) is 18.4. The molecule has 4 rings (SSSR count). The third kappa shape index (κ3) is 3.81. The summed E-state index contributed by atoms with van der Waals surface area (Å²) >= 11 is 0. The number of hydrogen-bond acceptors (Lipinski definition) is 5. The number of nitriles is 1. The van der Waals surface area contributed by atoms with Crippen molar-refractivity contribution in [1.82, 2.24) is 15.1 Å². The number of anilines is 1. The highest BCUT2D eigenvalue weighted by Crippen LogP contribution is 2.41. The topological polar surface area (TPSA) is 73.1 Å². The first-order valence-corrected chi connectivity index (χ1v) is 9.61. The third-order valence-electron chi connectivity index (χ3n) is 5.47. The maximum Gasteiger partial charge on any atom is 0.227 e. The molecule has 7 heteroatoms. The largest absolute Gasteiger partial charge is 0.351 e. The summed E-state index contributed by atoms with van der Waals surface area (Å²) in [6.07, 6.45) is 2.32. The number of piperazine rings is 1. The Hall–Kier alpha value is -3.01. The van der Waals surface area contributed by atoms with Gasteiger partial charge in [-0.2, -0.15) is 5.26 Å². The van der Waals surface area contributed by atoms with Crippen LogP contribution in [0.1, 0.15) is 42.5 Å². The standard InChI is InChI=1S/C21H22FN5O/c1-14-13-26(20-7-5-17(12-23)24-25-20)8-9-27(14)21(28)11-15-2-6-18(16-3-4-16)19(22)10-15/h2,5-7,10,14,16H,3-4,8-9,11,13H2,1H3/t14-/m0/s1. The second kappa shape index (κ2) is 7.55. The molecule has 6 nitrogen and oxygen atoms in total. The first-order chi connectivity index (χ1) is 13.5. The van der Waals surface area contributed by atoms with E-state index in [2.05, 4.69) is 15.1 Å². The minimum absolute atomic E-state index is 0.00859. The van der Waals surface area contributed by atoms with Gasteiger partial charge in [0.25, 0.3) is 0 Å². The van der Waals surface area contributed by atoms with E-state index in [-0.39, 0.29) is 29.9 Å². The number of carbonyl (C=O) groups excluding carboxylic acids is 1. The van der Waals surface area contributed by atoms with E-state index in [0.29, 0.717) is 31.4 Å². The third-order valence-corrected chi connectivity index (χ3v) is 5.47. The Morgan fingerprint density at radius 1 is 1.25 bits per heavy atom. The van der Waals surface area contributed by atoms with Crippen molar-refractivity contribution >= 4 is 11.7 Å². The zero-order valence-electron chi connectivity index (χ0n) is 15.8. The number of halogens is 1. The van der Waals surface area contributed by atoms with Crippen LogP contribution in [0, 0.1) is 17.1 Å². The number of aromatic nitrogens is 2. The van der Waals surface area contributed by atoms with Crippen LogP contribution in [0.5, 0.6) is 0 Å². The number of benzene rings is 1. The summed E-state index contributed by atoms with van der Waals surface area (Å²) in [5.41, 5.74) is 1.78. The Balaban J connectivity index is 1.38. The monoisotopic (exact) mass is 379 g/mol. The summed E-state index contributed by atoms with van der Waals surface area (Å²) in [5.74, 6) is 0.889. The predicted octanol–water partition coefficient (Wildman–Crippen LogP) is 2.64. The molecule has 0 bridgehead atoms. The molecule has 1 saturated heterocycles. The van der Waals surface area contributed by atoms with Gasteiger partial charge in [0.05, 0.1) is 6.42 Å². The van der Waals surface area contributed by atoms with Crippen molar-refractivity contribution < 1.29 is 9.18 Å². The van der Waals surface area contributed by atoms with Crippen LogP contribution in [0.4, 0.5) is 10.2 Å². The SMILES string of the molecule is C[C@H]1CN(c2ccc(C#N)nn2)CCN1C(=O)Cc1ccc(C2CC2)c(F)c1. The van der Waals surface area contributed by atoms with Gasteiger partial charge in [-0.25, -0.2) is 4.39 Å². The quantitative estimate of drug-likeness (QED) is 0.817. The van der Waals surface area contributed by atoms with E-state index < -0.39 is 0 Å². The van der Waals surface area contributed by atoms with Crippen LogP contribution in [0.15, 0.2) is 30.3 Å².